The van der Waals surface area contributed by atoms with Crippen molar-refractivity contribution in [3.63, 3.8) is 0 Å². The number of hydrogen-bond donors (Lipinski definition) is 0. The Balaban J connectivity index is 2.06. The third-order valence-corrected chi connectivity index (χ3v) is 4.65. The topological polar surface area (TPSA) is 36.7 Å². The van der Waals surface area contributed by atoms with E-state index in [2.05, 4.69) is 11.1 Å². The van der Waals surface area contributed by atoms with Crippen molar-refractivity contribution in [3.8, 4) is 16.6 Å². The number of thiazole rings is 1. The Morgan fingerprint density at radius 2 is 2.06 bits per heavy atom. The number of benzene rings is 1. The highest BCUT2D eigenvalue weighted by molar-refractivity contribution is 7.15. The zero-order valence-electron chi connectivity index (χ0n) is 9.28. The summed E-state index contributed by atoms with van der Waals surface area (Å²) >= 11 is 13.3. The molecular formula is C13H8Cl2N2S. The first-order valence-corrected chi connectivity index (χ1v) is 7.12. The van der Waals surface area contributed by atoms with E-state index in [0.717, 1.165) is 34.0 Å². The second-order valence-corrected chi connectivity index (χ2v) is 6.06. The molecule has 2 nitrogen and oxygen atoms in total. The molecule has 1 aliphatic rings. The van der Waals surface area contributed by atoms with Crippen molar-refractivity contribution in [3.05, 3.63) is 38.8 Å². The van der Waals surface area contributed by atoms with Crippen molar-refractivity contribution in [2.24, 2.45) is 0 Å². The van der Waals surface area contributed by atoms with Crippen molar-refractivity contribution in [1.82, 2.24) is 4.98 Å². The van der Waals surface area contributed by atoms with Crippen molar-refractivity contribution in [1.29, 1.82) is 5.26 Å². The smallest absolute Gasteiger partial charge is 0.128 e. The lowest BCUT2D eigenvalue weighted by atomic mass is 10.2. The van der Waals surface area contributed by atoms with Crippen LogP contribution in [0.2, 0.25) is 10.0 Å². The van der Waals surface area contributed by atoms with E-state index in [-0.39, 0.29) is 0 Å². The highest BCUT2D eigenvalue weighted by Crippen LogP contribution is 2.44. The summed E-state index contributed by atoms with van der Waals surface area (Å²) in [6, 6.07) is 7.66. The highest BCUT2D eigenvalue weighted by atomic mass is 35.5. The molecule has 0 bridgehead atoms. The van der Waals surface area contributed by atoms with Gasteiger partial charge in [0.15, 0.2) is 0 Å². The van der Waals surface area contributed by atoms with Gasteiger partial charge in [0.05, 0.1) is 15.7 Å². The van der Waals surface area contributed by atoms with Gasteiger partial charge in [-0.3, -0.25) is 0 Å². The van der Waals surface area contributed by atoms with E-state index < -0.39 is 0 Å². The van der Waals surface area contributed by atoms with Crippen LogP contribution in [0, 0.1) is 11.3 Å². The molecule has 2 aromatic rings. The van der Waals surface area contributed by atoms with Gasteiger partial charge in [0, 0.05) is 11.5 Å². The molecular weight excluding hydrogens is 287 g/mol. The van der Waals surface area contributed by atoms with E-state index in [1.165, 1.54) is 11.3 Å². The summed E-state index contributed by atoms with van der Waals surface area (Å²) < 4.78 is 0. The fourth-order valence-corrected chi connectivity index (χ4v) is 3.04. The summed E-state index contributed by atoms with van der Waals surface area (Å²) in [7, 11) is 0. The maximum Gasteiger partial charge on any atom is 0.128 e. The Bertz CT molecular complexity index is 653. The molecule has 1 aromatic heterocycles. The molecule has 5 heteroatoms. The molecule has 1 aromatic carbocycles. The van der Waals surface area contributed by atoms with Gasteiger partial charge >= 0.3 is 0 Å². The number of rotatable bonds is 2. The third-order valence-electron chi connectivity index (χ3n) is 2.89. The van der Waals surface area contributed by atoms with Crippen LogP contribution >= 0.6 is 34.5 Å². The summed E-state index contributed by atoms with van der Waals surface area (Å²) in [6.07, 6.45) is 2.28. The first-order chi connectivity index (χ1) is 8.69. The largest absolute Gasteiger partial charge is 0.239 e. The molecule has 1 heterocycles. The van der Waals surface area contributed by atoms with E-state index in [9.17, 15) is 0 Å². The standard InChI is InChI=1S/C13H8Cl2N2S/c14-9-4-3-8(5-10(9)15)13-17-12(7-1-2-7)11(6-16)18-13/h3-5,7H,1-2H2. The maximum atomic E-state index is 9.13. The fourth-order valence-electron chi connectivity index (χ4n) is 1.80. The van der Waals surface area contributed by atoms with Gasteiger partial charge in [-0.25, -0.2) is 4.98 Å². The van der Waals surface area contributed by atoms with Crippen LogP contribution in [-0.4, -0.2) is 4.98 Å². The number of hydrogen-bond acceptors (Lipinski definition) is 3. The van der Waals surface area contributed by atoms with Crippen LogP contribution in [0.3, 0.4) is 0 Å². The van der Waals surface area contributed by atoms with Crippen molar-refractivity contribution in [2.75, 3.05) is 0 Å². The monoisotopic (exact) mass is 294 g/mol. The van der Waals surface area contributed by atoms with Crippen LogP contribution in [0.4, 0.5) is 0 Å². The molecule has 1 saturated carbocycles. The number of nitrogens with zero attached hydrogens (tertiary/aromatic N) is 2. The van der Waals surface area contributed by atoms with E-state index in [1.807, 2.05) is 6.07 Å². The van der Waals surface area contributed by atoms with Gasteiger partial charge in [-0.2, -0.15) is 5.26 Å². The molecule has 1 aliphatic carbocycles. The maximum absolute atomic E-state index is 9.13. The van der Waals surface area contributed by atoms with Crippen molar-refractivity contribution < 1.29 is 0 Å². The lowest BCUT2D eigenvalue weighted by molar-refractivity contribution is 1.04. The molecule has 0 saturated heterocycles. The molecule has 0 spiro atoms. The van der Waals surface area contributed by atoms with Crippen LogP contribution in [0.15, 0.2) is 18.2 Å². The molecule has 3 rings (SSSR count). The summed E-state index contributed by atoms with van der Waals surface area (Å²) in [5.74, 6) is 0.479. The van der Waals surface area contributed by atoms with Gasteiger partial charge in [0.1, 0.15) is 16.0 Å². The summed E-state index contributed by atoms with van der Waals surface area (Å²) in [4.78, 5) is 5.30. The second-order valence-electron chi connectivity index (χ2n) is 4.25. The molecule has 0 atom stereocenters. The second kappa shape index (κ2) is 4.55. The Kier molecular flexibility index (Phi) is 3.03. The molecule has 0 N–H and O–H groups in total. The quantitative estimate of drug-likeness (QED) is 0.792. The Morgan fingerprint density at radius 3 is 2.67 bits per heavy atom. The van der Waals surface area contributed by atoms with Crippen LogP contribution in [-0.2, 0) is 0 Å². The Morgan fingerprint density at radius 1 is 1.28 bits per heavy atom. The minimum absolute atomic E-state index is 0.479. The predicted octanol–water partition coefficient (Wildman–Crippen LogP) is 4.87. The highest BCUT2D eigenvalue weighted by Gasteiger charge is 2.30. The predicted molar refractivity (Wildman–Crippen MR) is 74.3 cm³/mol. The molecule has 0 unspecified atom stereocenters. The fraction of sp³-hybridized carbons (Fsp3) is 0.231. The van der Waals surface area contributed by atoms with E-state index in [0.29, 0.717) is 16.0 Å². The summed E-state index contributed by atoms with van der Waals surface area (Å²) in [6.45, 7) is 0. The summed E-state index contributed by atoms with van der Waals surface area (Å²) in [5, 5.41) is 11.0. The molecule has 18 heavy (non-hydrogen) atoms. The van der Waals surface area contributed by atoms with Crippen molar-refractivity contribution in [2.45, 2.75) is 18.8 Å². The normalized spacial score (nSPS) is 14.5. The van der Waals surface area contributed by atoms with E-state index in [4.69, 9.17) is 28.5 Å². The van der Waals surface area contributed by atoms with E-state index in [1.54, 1.807) is 12.1 Å². The number of halogens is 2. The Hall–Kier alpha value is -1.08. The van der Waals surface area contributed by atoms with E-state index >= 15 is 0 Å². The molecule has 90 valence electrons. The summed E-state index contributed by atoms with van der Waals surface area (Å²) in [5.41, 5.74) is 1.86. The molecule has 0 aliphatic heterocycles. The lowest BCUT2D eigenvalue weighted by Crippen LogP contribution is -1.83. The average Bonchev–Trinajstić information content (AvgIpc) is 3.12. The number of nitriles is 1. The first-order valence-electron chi connectivity index (χ1n) is 5.55. The SMILES string of the molecule is N#Cc1sc(-c2ccc(Cl)c(Cl)c2)nc1C1CC1. The van der Waals surface area contributed by atoms with Crippen LogP contribution < -0.4 is 0 Å². The van der Waals surface area contributed by atoms with Crippen LogP contribution in [0.25, 0.3) is 10.6 Å². The molecule has 1 fully saturated rings. The van der Waals surface area contributed by atoms with Gasteiger partial charge in [0.25, 0.3) is 0 Å². The number of aromatic nitrogens is 1. The van der Waals surface area contributed by atoms with Crippen molar-refractivity contribution >= 4 is 34.5 Å². The van der Waals surface area contributed by atoms with Crippen LogP contribution in [0.1, 0.15) is 29.3 Å². The third kappa shape index (κ3) is 2.12. The van der Waals surface area contributed by atoms with Gasteiger partial charge in [0.2, 0.25) is 0 Å². The zero-order valence-corrected chi connectivity index (χ0v) is 11.6. The molecule has 0 amide bonds. The first kappa shape index (κ1) is 12.0. The lowest BCUT2D eigenvalue weighted by Gasteiger charge is -1.98. The minimum atomic E-state index is 0.479. The molecule has 0 radical (unpaired) electrons. The van der Waals surface area contributed by atoms with Gasteiger partial charge in [-0.1, -0.05) is 29.3 Å². The van der Waals surface area contributed by atoms with Gasteiger partial charge in [-0.05, 0) is 25.0 Å². The van der Waals surface area contributed by atoms with Crippen LogP contribution in [0.5, 0.6) is 0 Å². The van der Waals surface area contributed by atoms with Gasteiger partial charge < -0.3 is 0 Å². The van der Waals surface area contributed by atoms with Gasteiger partial charge in [-0.15, -0.1) is 11.3 Å². The average molecular weight is 295 g/mol. The minimum Gasteiger partial charge on any atom is -0.239 e. The zero-order chi connectivity index (χ0) is 12.7. The Labute approximate surface area is 119 Å².